The van der Waals surface area contributed by atoms with Crippen LogP contribution in [0.1, 0.15) is 78.8 Å². The van der Waals surface area contributed by atoms with Crippen LogP contribution in [0.25, 0.3) is 0 Å². The number of carbonyl (C=O) groups excluding carboxylic acids is 4. The highest BCUT2D eigenvalue weighted by Crippen LogP contribution is 2.27. The summed E-state index contributed by atoms with van der Waals surface area (Å²) in [6, 6.07) is 25.3. The monoisotopic (exact) mass is 796 g/mol. The van der Waals surface area contributed by atoms with Gasteiger partial charge in [-0.2, -0.15) is 10.2 Å². The maximum atomic E-state index is 12.9. The van der Waals surface area contributed by atoms with Crippen molar-refractivity contribution >= 4 is 46.1 Å². The third-order valence-electron chi connectivity index (χ3n) is 8.66. The number of azo groups is 1. The van der Waals surface area contributed by atoms with Crippen LogP contribution < -0.4 is 14.2 Å². The van der Waals surface area contributed by atoms with Crippen LogP contribution in [0, 0.1) is 24.7 Å². The van der Waals surface area contributed by atoms with Crippen LogP contribution in [-0.4, -0.2) is 43.0 Å². The Morgan fingerprint density at radius 1 is 0.702 bits per heavy atom. The third kappa shape index (κ3) is 15.3. The molecule has 0 aromatic heterocycles. The van der Waals surface area contributed by atoms with E-state index in [1.54, 1.807) is 49.4 Å². The number of rotatable bonds is 21. The van der Waals surface area contributed by atoms with Gasteiger partial charge in [0, 0.05) is 12.5 Å². The molecule has 1 unspecified atom stereocenters. The zero-order valence-corrected chi connectivity index (χ0v) is 33.7. The van der Waals surface area contributed by atoms with Gasteiger partial charge in [-0.25, -0.2) is 9.59 Å². The summed E-state index contributed by atoms with van der Waals surface area (Å²) in [5.74, 6) is 0.580. The molecule has 0 aliphatic heterocycles. The Morgan fingerprint density at radius 3 is 1.91 bits per heavy atom. The van der Waals surface area contributed by atoms with E-state index in [4.69, 9.17) is 35.3 Å². The van der Waals surface area contributed by atoms with Crippen LogP contribution >= 0.6 is 11.6 Å². The molecule has 0 spiro atoms. The molecule has 57 heavy (non-hydrogen) atoms. The van der Waals surface area contributed by atoms with Gasteiger partial charge < -0.3 is 23.7 Å². The van der Waals surface area contributed by atoms with Crippen molar-refractivity contribution in [1.29, 1.82) is 0 Å². The predicted octanol–water partition coefficient (Wildman–Crippen LogP) is 10.7. The second-order valence-electron chi connectivity index (χ2n) is 14.1. The summed E-state index contributed by atoms with van der Waals surface area (Å²) in [7, 11) is 0. The minimum Gasteiger partial charge on any atom is -0.501 e. The van der Waals surface area contributed by atoms with E-state index >= 15 is 0 Å². The number of ether oxygens (including phenoxy) is 5. The summed E-state index contributed by atoms with van der Waals surface area (Å²) in [6.45, 7) is 11.3. The van der Waals surface area contributed by atoms with Crippen LogP contribution in [-0.2, 0) is 25.5 Å². The number of esters is 3. The van der Waals surface area contributed by atoms with Crippen molar-refractivity contribution in [3.05, 3.63) is 126 Å². The molecule has 0 amide bonds. The second kappa shape index (κ2) is 22.7. The molecule has 0 fully saturated rings. The van der Waals surface area contributed by atoms with Crippen molar-refractivity contribution in [3.63, 3.8) is 0 Å². The van der Waals surface area contributed by atoms with E-state index in [9.17, 15) is 19.2 Å². The van der Waals surface area contributed by atoms with E-state index in [2.05, 4.69) is 24.1 Å². The lowest BCUT2D eigenvalue weighted by Gasteiger charge is -2.21. The first-order valence-electron chi connectivity index (χ1n) is 18.9. The number of aryl methyl sites for hydroxylation is 1. The molecular formula is C45H49ClN2O9. The Morgan fingerprint density at radius 2 is 1.30 bits per heavy atom. The van der Waals surface area contributed by atoms with Gasteiger partial charge in [0.25, 0.3) is 0 Å². The second-order valence-corrected chi connectivity index (χ2v) is 14.4. The molecule has 1 atom stereocenters. The normalized spacial score (nSPS) is 11.9. The molecule has 0 radical (unpaired) electrons. The molecule has 4 rings (SSSR count). The van der Waals surface area contributed by atoms with Crippen molar-refractivity contribution in [1.82, 2.24) is 0 Å². The number of unbranched alkanes of at least 4 members (excludes halogenated alkanes) is 1. The SMILES string of the molecule is Cc1cc(N=Nc2ccc(CCO/C=C/C(=O)Cl)cc2)ccc1OC(=O)c1ccc(OC(=O)c2ccc(OCCCCOC(=O)C(CC(C)C)C(C)C)cc2)cc1. The van der Waals surface area contributed by atoms with Gasteiger partial charge in [0.1, 0.15) is 17.2 Å². The van der Waals surface area contributed by atoms with E-state index in [1.807, 2.05) is 38.1 Å². The number of halogens is 1. The summed E-state index contributed by atoms with van der Waals surface area (Å²) in [5, 5.41) is 7.98. The van der Waals surface area contributed by atoms with Crippen LogP contribution in [0.5, 0.6) is 17.2 Å². The number of allylic oxidation sites excluding steroid dienone is 1. The summed E-state index contributed by atoms with van der Waals surface area (Å²) >= 11 is 5.22. The van der Waals surface area contributed by atoms with Gasteiger partial charge in [-0.05, 0) is 140 Å². The standard InChI is InChI=1S/C45H49ClN2O9/c1-30(2)28-40(31(3)4)45(52)55-25-7-6-24-54-38-17-10-34(11-18-38)43(50)56-39-19-12-35(13-20-39)44(51)57-41-21-16-37(29-32(41)5)48-47-36-14-8-33(9-15-36)22-26-53-27-23-42(46)49/h8-21,23,27,29-31,40H,6-7,22,24-26,28H2,1-5H3/b27-23+,48-47?. The summed E-state index contributed by atoms with van der Waals surface area (Å²) in [6.07, 6.45) is 5.29. The van der Waals surface area contributed by atoms with E-state index in [0.717, 1.165) is 18.1 Å². The van der Waals surface area contributed by atoms with Crippen molar-refractivity contribution in [2.75, 3.05) is 19.8 Å². The van der Waals surface area contributed by atoms with Gasteiger partial charge in [0.05, 0.1) is 54.5 Å². The molecule has 0 aliphatic carbocycles. The Hall–Kier alpha value is -5.81. The Kier molecular flexibility index (Phi) is 17.5. The van der Waals surface area contributed by atoms with Gasteiger partial charge in [0.2, 0.25) is 5.24 Å². The molecule has 11 nitrogen and oxygen atoms in total. The third-order valence-corrected chi connectivity index (χ3v) is 8.78. The molecule has 0 N–H and O–H groups in total. The lowest BCUT2D eigenvalue weighted by molar-refractivity contribution is -0.151. The zero-order valence-electron chi connectivity index (χ0n) is 32.9. The Bertz CT molecular complexity index is 1990. The summed E-state index contributed by atoms with van der Waals surface area (Å²) in [4.78, 5) is 48.8. The highest BCUT2D eigenvalue weighted by Gasteiger charge is 2.24. The molecule has 4 aromatic rings. The fraction of sp³-hybridized carbons (Fsp3) is 0.333. The first-order chi connectivity index (χ1) is 27.4. The van der Waals surface area contributed by atoms with E-state index in [1.165, 1.54) is 30.5 Å². The van der Waals surface area contributed by atoms with Gasteiger partial charge in [-0.3, -0.25) is 9.59 Å². The number of hydrogen-bond donors (Lipinski definition) is 0. The highest BCUT2D eigenvalue weighted by molar-refractivity contribution is 6.66. The highest BCUT2D eigenvalue weighted by atomic mass is 35.5. The predicted molar refractivity (Wildman–Crippen MR) is 218 cm³/mol. The van der Waals surface area contributed by atoms with Crippen LogP contribution in [0.15, 0.2) is 114 Å². The Labute approximate surface area is 339 Å². The maximum absolute atomic E-state index is 12.9. The molecule has 12 heteroatoms. The number of carbonyl (C=O) groups is 4. The maximum Gasteiger partial charge on any atom is 0.343 e. The molecule has 0 bridgehead atoms. The van der Waals surface area contributed by atoms with Crippen LogP contribution in [0.2, 0.25) is 0 Å². The number of hydrogen-bond acceptors (Lipinski definition) is 11. The van der Waals surface area contributed by atoms with Gasteiger partial charge in [0.15, 0.2) is 0 Å². The average Bonchev–Trinajstić information content (AvgIpc) is 3.18. The smallest absolute Gasteiger partial charge is 0.343 e. The van der Waals surface area contributed by atoms with Crippen molar-refractivity contribution in [3.8, 4) is 17.2 Å². The van der Waals surface area contributed by atoms with Crippen molar-refractivity contribution in [2.24, 2.45) is 28.0 Å². The molecule has 0 heterocycles. The van der Waals surface area contributed by atoms with E-state index < -0.39 is 17.2 Å². The molecule has 0 aliphatic rings. The Balaban J connectivity index is 1.18. The number of benzene rings is 4. The van der Waals surface area contributed by atoms with Crippen LogP contribution in [0.3, 0.4) is 0 Å². The molecule has 0 saturated heterocycles. The fourth-order valence-corrected chi connectivity index (χ4v) is 5.55. The summed E-state index contributed by atoms with van der Waals surface area (Å²) in [5.41, 5.74) is 3.59. The fourth-order valence-electron chi connectivity index (χ4n) is 5.49. The first-order valence-corrected chi connectivity index (χ1v) is 19.3. The number of nitrogens with zero attached hydrogens (tertiary/aromatic N) is 2. The van der Waals surface area contributed by atoms with Gasteiger partial charge >= 0.3 is 17.9 Å². The zero-order chi connectivity index (χ0) is 41.2. The largest absolute Gasteiger partial charge is 0.501 e. The average molecular weight is 797 g/mol. The topological polar surface area (TPSA) is 139 Å². The first kappa shape index (κ1) is 43.9. The van der Waals surface area contributed by atoms with Crippen molar-refractivity contribution in [2.45, 2.75) is 60.3 Å². The van der Waals surface area contributed by atoms with Gasteiger partial charge in [-0.15, -0.1) is 0 Å². The van der Waals surface area contributed by atoms with E-state index in [-0.39, 0.29) is 29.1 Å². The lowest BCUT2D eigenvalue weighted by Crippen LogP contribution is -2.24. The lowest BCUT2D eigenvalue weighted by atomic mass is 9.88. The summed E-state index contributed by atoms with van der Waals surface area (Å²) < 4.78 is 27.6. The van der Waals surface area contributed by atoms with Crippen LogP contribution in [0.4, 0.5) is 11.4 Å². The van der Waals surface area contributed by atoms with Crippen molar-refractivity contribution < 1.29 is 42.9 Å². The van der Waals surface area contributed by atoms with E-state index in [0.29, 0.717) is 79.0 Å². The minimum absolute atomic E-state index is 0.0843. The quantitative estimate of drug-likeness (QED) is 0.0153. The molecule has 4 aromatic carbocycles. The minimum atomic E-state index is -0.592. The van der Waals surface area contributed by atoms with Gasteiger partial charge in [-0.1, -0.05) is 39.8 Å². The molecular weight excluding hydrogens is 748 g/mol. The molecule has 0 saturated carbocycles. The molecule has 300 valence electrons.